The van der Waals surface area contributed by atoms with Gasteiger partial charge in [-0.2, -0.15) is 0 Å². The Morgan fingerprint density at radius 3 is 2.04 bits per heavy atom. The van der Waals surface area contributed by atoms with Gasteiger partial charge < -0.3 is 25.5 Å². The van der Waals surface area contributed by atoms with Crippen LogP contribution in [-0.4, -0.2) is 37.4 Å². The van der Waals surface area contributed by atoms with Crippen molar-refractivity contribution in [2.75, 3.05) is 0 Å². The number of unbranched alkanes of at least 4 members (excludes halogenated alkanes) is 2. The van der Waals surface area contributed by atoms with Gasteiger partial charge in [-0.05, 0) is 36.1 Å². The zero-order chi connectivity index (χ0) is 17.7. The van der Waals surface area contributed by atoms with Gasteiger partial charge in [0.15, 0.2) is 0 Å². The van der Waals surface area contributed by atoms with Gasteiger partial charge in [0.05, 0.1) is 6.17 Å². The molecule has 0 spiro atoms. The zero-order valence-electron chi connectivity index (χ0n) is 13.9. The molecule has 0 aromatic heterocycles. The number of hydrogen-bond acceptors (Lipinski definition) is 7. The highest BCUT2D eigenvalue weighted by Gasteiger charge is 2.29. The highest BCUT2D eigenvalue weighted by molar-refractivity contribution is 5.37. The first-order chi connectivity index (χ1) is 10.5. The second-order valence-electron chi connectivity index (χ2n) is 6.10. The average molecular weight is 328 g/mol. The van der Waals surface area contributed by atoms with Crippen molar-refractivity contribution in [1.82, 2.24) is 10.6 Å². The minimum Gasteiger partial charge on any atom is -0.508 e. The summed E-state index contributed by atoms with van der Waals surface area (Å²) in [5.74, 6) is -4.48. The van der Waals surface area contributed by atoms with Crippen molar-refractivity contribution < 1.29 is 25.5 Å². The number of nitrogens with one attached hydrogen (secondary N) is 2. The molecule has 0 atom stereocenters. The molecular formula is C16H28N2O5. The number of aromatic hydroxyl groups is 1. The molecule has 0 heterocycles. The molecular weight excluding hydrogens is 300 g/mol. The van der Waals surface area contributed by atoms with E-state index in [0.717, 1.165) is 45.1 Å². The molecule has 0 aliphatic carbocycles. The predicted octanol–water partition coefficient (Wildman–Crippen LogP) is 0.619. The highest BCUT2D eigenvalue weighted by Crippen LogP contribution is 2.25. The summed E-state index contributed by atoms with van der Waals surface area (Å²) < 4.78 is 0. The van der Waals surface area contributed by atoms with Gasteiger partial charge in [0, 0.05) is 13.8 Å². The number of phenols is 1. The third kappa shape index (κ3) is 7.74. The molecule has 0 aliphatic rings. The molecule has 1 rings (SSSR count). The Balaban J connectivity index is 3.13. The van der Waals surface area contributed by atoms with Crippen LogP contribution in [0.5, 0.6) is 5.75 Å². The molecule has 0 fully saturated rings. The summed E-state index contributed by atoms with van der Waals surface area (Å²) in [6.45, 7) is 4.33. The summed E-state index contributed by atoms with van der Waals surface area (Å²) in [7, 11) is 0. The minimum absolute atomic E-state index is 0.00278. The van der Waals surface area contributed by atoms with Gasteiger partial charge in [-0.3, -0.25) is 0 Å². The van der Waals surface area contributed by atoms with Gasteiger partial charge in [-0.1, -0.05) is 25.8 Å². The van der Waals surface area contributed by atoms with E-state index in [9.17, 15) is 25.5 Å². The van der Waals surface area contributed by atoms with E-state index in [4.69, 9.17) is 0 Å². The lowest BCUT2D eigenvalue weighted by atomic mass is 9.98. The number of aliphatic hydroxyl groups is 4. The van der Waals surface area contributed by atoms with Gasteiger partial charge >= 0.3 is 0 Å². The largest absolute Gasteiger partial charge is 0.508 e. The standard InChI is InChI=1S/C16H28N2O5/c1-4-5-6-7-11-8-9-12(19)10-13(11)14(17-15(2,20)21)18-16(3,22)23/h8-10,14,17-23H,4-7H2,1-3H3. The Kier molecular flexibility index (Phi) is 6.94. The Hall–Kier alpha value is -1.22. The summed E-state index contributed by atoms with van der Waals surface area (Å²) in [6, 6.07) is 4.76. The smallest absolute Gasteiger partial charge is 0.220 e. The third-order valence-corrected chi connectivity index (χ3v) is 3.33. The zero-order valence-corrected chi connectivity index (χ0v) is 13.9. The SMILES string of the molecule is CCCCCc1ccc(O)cc1C(NC(C)(O)O)NC(C)(O)O. The first kappa shape index (κ1) is 19.8. The molecule has 0 aliphatic heterocycles. The minimum atomic E-state index is -2.24. The van der Waals surface area contributed by atoms with Crippen molar-refractivity contribution in [1.29, 1.82) is 0 Å². The van der Waals surface area contributed by atoms with Crippen LogP contribution in [0.4, 0.5) is 0 Å². The Labute approximate surface area is 136 Å². The molecule has 7 nitrogen and oxygen atoms in total. The number of hydrogen-bond donors (Lipinski definition) is 7. The van der Waals surface area contributed by atoms with Crippen molar-refractivity contribution >= 4 is 0 Å². The first-order valence-corrected chi connectivity index (χ1v) is 7.78. The van der Waals surface area contributed by atoms with Gasteiger partial charge in [-0.25, -0.2) is 10.6 Å². The molecule has 0 saturated heterocycles. The maximum absolute atomic E-state index is 9.75. The lowest BCUT2D eigenvalue weighted by Gasteiger charge is -2.32. The van der Waals surface area contributed by atoms with Crippen LogP contribution in [0.25, 0.3) is 0 Å². The molecule has 0 bridgehead atoms. The van der Waals surface area contributed by atoms with Crippen LogP contribution < -0.4 is 10.6 Å². The van der Waals surface area contributed by atoms with Crippen molar-refractivity contribution in [3.8, 4) is 5.75 Å². The molecule has 0 radical (unpaired) electrons. The second kappa shape index (κ2) is 8.05. The fourth-order valence-electron chi connectivity index (χ4n) is 2.38. The summed E-state index contributed by atoms with van der Waals surface area (Å²) in [5.41, 5.74) is 1.39. The Morgan fingerprint density at radius 1 is 1.00 bits per heavy atom. The van der Waals surface area contributed by atoms with Gasteiger partial charge in [0.2, 0.25) is 11.8 Å². The number of phenolic OH excluding ortho intramolecular Hbond substituents is 1. The van der Waals surface area contributed by atoms with E-state index in [0.29, 0.717) is 5.56 Å². The van der Waals surface area contributed by atoms with Crippen molar-refractivity contribution in [2.24, 2.45) is 0 Å². The normalized spacial score (nSPS) is 12.9. The predicted molar refractivity (Wildman–Crippen MR) is 86.0 cm³/mol. The Bertz CT molecular complexity index is 478. The Morgan fingerprint density at radius 2 is 1.57 bits per heavy atom. The first-order valence-electron chi connectivity index (χ1n) is 7.78. The van der Waals surface area contributed by atoms with E-state index in [1.165, 1.54) is 6.07 Å². The number of aryl methyl sites for hydroxylation is 1. The quantitative estimate of drug-likeness (QED) is 0.262. The molecule has 0 saturated carbocycles. The van der Waals surface area contributed by atoms with E-state index in [-0.39, 0.29) is 5.75 Å². The van der Waals surface area contributed by atoms with Crippen LogP contribution in [-0.2, 0) is 6.42 Å². The van der Waals surface area contributed by atoms with E-state index in [2.05, 4.69) is 17.6 Å². The molecule has 0 unspecified atom stereocenters. The average Bonchev–Trinajstić information content (AvgIpc) is 2.36. The monoisotopic (exact) mass is 328 g/mol. The maximum Gasteiger partial charge on any atom is 0.220 e. The summed E-state index contributed by atoms with van der Waals surface area (Å²) >= 11 is 0. The third-order valence-electron chi connectivity index (χ3n) is 3.33. The van der Waals surface area contributed by atoms with E-state index in [1.807, 2.05) is 0 Å². The van der Waals surface area contributed by atoms with Crippen LogP contribution >= 0.6 is 0 Å². The highest BCUT2D eigenvalue weighted by atomic mass is 16.5. The van der Waals surface area contributed by atoms with Crippen LogP contribution in [0.15, 0.2) is 18.2 Å². The van der Waals surface area contributed by atoms with Crippen molar-refractivity contribution in [3.05, 3.63) is 29.3 Å². The fourth-order valence-corrected chi connectivity index (χ4v) is 2.38. The van der Waals surface area contributed by atoms with Gasteiger partial charge in [0.25, 0.3) is 0 Å². The molecule has 1 aromatic carbocycles. The van der Waals surface area contributed by atoms with Crippen LogP contribution in [0.2, 0.25) is 0 Å². The van der Waals surface area contributed by atoms with Crippen LogP contribution in [0.1, 0.15) is 57.3 Å². The molecule has 132 valence electrons. The molecule has 1 aromatic rings. The summed E-state index contributed by atoms with van der Waals surface area (Å²) in [6.07, 6.45) is 2.78. The van der Waals surface area contributed by atoms with Crippen LogP contribution in [0, 0.1) is 0 Å². The lowest BCUT2D eigenvalue weighted by molar-refractivity contribution is -0.206. The molecule has 0 amide bonds. The van der Waals surface area contributed by atoms with Crippen molar-refractivity contribution in [3.63, 3.8) is 0 Å². The molecule has 23 heavy (non-hydrogen) atoms. The topological polar surface area (TPSA) is 125 Å². The summed E-state index contributed by atoms with van der Waals surface area (Å²) in [5, 5.41) is 53.1. The summed E-state index contributed by atoms with van der Waals surface area (Å²) in [4.78, 5) is 0. The lowest BCUT2D eigenvalue weighted by Crippen LogP contribution is -2.55. The van der Waals surface area contributed by atoms with E-state index in [1.54, 1.807) is 12.1 Å². The van der Waals surface area contributed by atoms with Gasteiger partial charge in [-0.15, -0.1) is 0 Å². The fraction of sp³-hybridized carbons (Fsp3) is 0.625. The second-order valence-corrected chi connectivity index (χ2v) is 6.10. The maximum atomic E-state index is 9.75. The van der Waals surface area contributed by atoms with Crippen molar-refractivity contribution in [2.45, 2.75) is 64.4 Å². The molecule has 7 N–H and O–H groups in total. The van der Waals surface area contributed by atoms with Gasteiger partial charge in [0.1, 0.15) is 5.75 Å². The van der Waals surface area contributed by atoms with E-state index < -0.39 is 18.0 Å². The number of benzene rings is 1. The van der Waals surface area contributed by atoms with E-state index >= 15 is 0 Å². The van der Waals surface area contributed by atoms with Crippen LogP contribution in [0.3, 0.4) is 0 Å². The number of rotatable bonds is 9. The molecule has 7 heteroatoms.